The predicted octanol–water partition coefficient (Wildman–Crippen LogP) is 17.0. The van der Waals surface area contributed by atoms with Crippen molar-refractivity contribution in [1.82, 2.24) is 0 Å². The van der Waals surface area contributed by atoms with Crippen molar-refractivity contribution in [2.45, 2.75) is 0 Å². The van der Waals surface area contributed by atoms with E-state index in [2.05, 4.69) is 241 Å². The molecule has 0 atom stereocenters. The summed E-state index contributed by atoms with van der Waals surface area (Å²) in [6, 6.07) is 86.1. The first-order valence-electron chi connectivity index (χ1n) is 20.5. The Morgan fingerprint density at radius 3 is 1.38 bits per heavy atom. The molecule has 1 heterocycles. The third kappa shape index (κ3) is 6.73. The van der Waals surface area contributed by atoms with Crippen LogP contribution >= 0.6 is 11.3 Å². The molecule has 11 aromatic rings. The molecule has 1 nitrogen and oxygen atoms in total. The number of anilines is 3. The van der Waals surface area contributed by atoms with Gasteiger partial charge in [-0.15, -0.1) is 11.3 Å². The van der Waals surface area contributed by atoms with E-state index in [1.165, 1.54) is 86.6 Å². The van der Waals surface area contributed by atoms with Gasteiger partial charge in [-0.25, -0.2) is 0 Å². The minimum absolute atomic E-state index is 1.10. The van der Waals surface area contributed by atoms with Crippen LogP contribution < -0.4 is 4.90 Å². The van der Waals surface area contributed by atoms with E-state index in [0.29, 0.717) is 0 Å². The van der Waals surface area contributed by atoms with Gasteiger partial charge in [-0.3, -0.25) is 0 Å². The Morgan fingerprint density at radius 2 is 0.700 bits per heavy atom. The molecule has 0 fully saturated rings. The first kappa shape index (κ1) is 35.6. The van der Waals surface area contributed by atoms with Gasteiger partial charge in [0.2, 0.25) is 0 Å². The quantitative estimate of drug-likeness (QED) is 0.148. The van der Waals surface area contributed by atoms with Gasteiger partial charge in [0, 0.05) is 37.2 Å². The number of thiophene rings is 1. The van der Waals surface area contributed by atoms with Gasteiger partial charge in [-0.2, -0.15) is 0 Å². The van der Waals surface area contributed by atoms with E-state index in [0.717, 1.165) is 17.1 Å². The molecule has 282 valence electrons. The third-order valence-corrected chi connectivity index (χ3v) is 12.8. The van der Waals surface area contributed by atoms with E-state index in [-0.39, 0.29) is 0 Å². The van der Waals surface area contributed by atoms with Crippen LogP contribution in [0.1, 0.15) is 0 Å². The summed E-state index contributed by atoms with van der Waals surface area (Å²) in [5.74, 6) is 0. The zero-order valence-electron chi connectivity index (χ0n) is 32.9. The average Bonchev–Trinajstić information content (AvgIpc) is 3.71. The van der Waals surface area contributed by atoms with Crippen molar-refractivity contribution in [2.75, 3.05) is 4.90 Å². The molecule has 0 saturated carbocycles. The summed E-state index contributed by atoms with van der Waals surface area (Å²) >= 11 is 1.86. The molecule has 0 aliphatic carbocycles. The van der Waals surface area contributed by atoms with E-state index >= 15 is 0 Å². The van der Waals surface area contributed by atoms with Gasteiger partial charge >= 0.3 is 0 Å². The normalized spacial score (nSPS) is 11.3. The van der Waals surface area contributed by atoms with Crippen molar-refractivity contribution in [3.8, 4) is 55.6 Å². The third-order valence-electron chi connectivity index (χ3n) is 11.7. The summed E-state index contributed by atoms with van der Waals surface area (Å²) in [6.07, 6.45) is 0. The van der Waals surface area contributed by atoms with Crippen LogP contribution in [0.3, 0.4) is 0 Å². The van der Waals surface area contributed by atoms with Crippen LogP contribution in [0.5, 0.6) is 0 Å². The standard InChI is InChI=1S/C58H39NS/c1-2-12-43(13-3-1)53-17-6-7-18-54(53)44-27-34-52(35-28-44)59(51-32-25-42(26-33-51)49-29-36-56-55-19-8-9-20-57(55)60-58(56)39-49)50-30-23-41(24-31-50)46-15-10-16-47(37-46)48-22-21-40-11-4-5-14-45(40)38-48/h1-39H. The molecule has 11 rings (SSSR count). The summed E-state index contributed by atoms with van der Waals surface area (Å²) < 4.78 is 2.64. The molecule has 0 saturated heterocycles. The molecule has 10 aromatic carbocycles. The maximum Gasteiger partial charge on any atom is 0.0462 e. The summed E-state index contributed by atoms with van der Waals surface area (Å²) in [7, 11) is 0. The van der Waals surface area contributed by atoms with Gasteiger partial charge in [-0.05, 0) is 127 Å². The van der Waals surface area contributed by atoms with Gasteiger partial charge in [0.05, 0.1) is 0 Å². The van der Waals surface area contributed by atoms with Crippen molar-refractivity contribution in [3.63, 3.8) is 0 Å². The first-order chi connectivity index (χ1) is 29.7. The fourth-order valence-corrected chi connectivity index (χ4v) is 9.75. The highest BCUT2D eigenvalue weighted by Crippen LogP contribution is 2.41. The van der Waals surface area contributed by atoms with Crippen molar-refractivity contribution in [2.24, 2.45) is 0 Å². The van der Waals surface area contributed by atoms with E-state index in [9.17, 15) is 0 Å². The zero-order chi connectivity index (χ0) is 39.8. The van der Waals surface area contributed by atoms with E-state index < -0.39 is 0 Å². The van der Waals surface area contributed by atoms with Crippen LogP contribution in [0.25, 0.3) is 86.6 Å². The lowest BCUT2D eigenvalue weighted by molar-refractivity contribution is 1.28. The summed E-state index contributed by atoms with van der Waals surface area (Å²) in [4.78, 5) is 2.36. The SMILES string of the molecule is c1ccc(-c2ccccc2-c2ccc(N(c3ccc(-c4cccc(-c5ccc6ccccc6c5)c4)cc3)c3ccc(-c4ccc5c(c4)sc4ccccc45)cc3)cc2)cc1. The first-order valence-corrected chi connectivity index (χ1v) is 21.3. The molecule has 0 aliphatic heterocycles. The topological polar surface area (TPSA) is 3.24 Å². The predicted molar refractivity (Wildman–Crippen MR) is 259 cm³/mol. The Bertz CT molecular complexity index is 3290. The Balaban J connectivity index is 0.950. The van der Waals surface area contributed by atoms with Gasteiger partial charge in [-0.1, -0.05) is 176 Å². The second-order valence-corrected chi connectivity index (χ2v) is 16.4. The van der Waals surface area contributed by atoms with Gasteiger partial charge in [0.25, 0.3) is 0 Å². The lowest BCUT2D eigenvalue weighted by Gasteiger charge is -2.26. The fraction of sp³-hybridized carbons (Fsp3) is 0. The minimum Gasteiger partial charge on any atom is -0.311 e. The van der Waals surface area contributed by atoms with Crippen LogP contribution in [0, 0.1) is 0 Å². The lowest BCUT2D eigenvalue weighted by atomic mass is 9.94. The van der Waals surface area contributed by atoms with Crippen LogP contribution in [-0.4, -0.2) is 0 Å². The maximum absolute atomic E-state index is 2.36. The molecule has 0 radical (unpaired) electrons. The Kier molecular flexibility index (Phi) is 9.11. The van der Waals surface area contributed by atoms with Crippen molar-refractivity contribution in [3.05, 3.63) is 237 Å². The van der Waals surface area contributed by atoms with E-state index in [1.807, 2.05) is 11.3 Å². The number of nitrogens with zero attached hydrogens (tertiary/aromatic N) is 1. The van der Waals surface area contributed by atoms with Gasteiger partial charge in [0.15, 0.2) is 0 Å². The monoisotopic (exact) mass is 781 g/mol. The molecule has 0 aliphatic rings. The summed E-state index contributed by atoms with van der Waals surface area (Å²) in [5, 5.41) is 5.16. The Labute approximate surface area is 354 Å². The molecule has 0 N–H and O–H groups in total. The highest BCUT2D eigenvalue weighted by atomic mass is 32.1. The average molecular weight is 782 g/mol. The number of hydrogen-bond donors (Lipinski definition) is 0. The second kappa shape index (κ2) is 15.3. The maximum atomic E-state index is 2.36. The van der Waals surface area contributed by atoms with Gasteiger partial charge < -0.3 is 4.90 Å². The van der Waals surface area contributed by atoms with E-state index in [4.69, 9.17) is 0 Å². The molecule has 0 bridgehead atoms. The van der Waals surface area contributed by atoms with Crippen LogP contribution in [0.2, 0.25) is 0 Å². The molecule has 2 heteroatoms. The van der Waals surface area contributed by atoms with Crippen molar-refractivity contribution in [1.29, 1.82) is 0 Å². The second-order valence-electron chi connectivity index (χ2n) is 15.3. The number of hydrogen-bond acceptors (Lipinski definition) is 2. The number of fused-ring (bicyclic) bond motifs is 4. The lowest BCUT2D eigenvalue weighted by Crippen LogP contribution is -2.09. The van der Waals surface area contributed by atoms with Gasteiger partial charge in [0.1, 0.15) is 0 Å². The fourth-order valence-electron chi connectivity index (χ4n) is 8.60. The summed E-state index contributed by atoms with van der Waals surface area (Å²) in [6.45, 7) is 0. The smallest absolute Gasteiger partial charge is 0.0462 e. The number of rotatable bonds is 8. The molecule has 0 unspecified atom stereocenters. The number of benzene rings is 10. The molecule has 0 amide bonds. The molecule has 60 heavy (non-hydrogen) atoms. The largest absolute Gasteiger partial charge is 0.311 e. The van der Waals surface area contributed by atoms with Crippen LogP contribution in [-0.2, 0) is 0 Å². The van der Waals surface area contributed by atoms with Crippen molar-refractivity contribution >= 4 is 59.3 Å². The van der Waals surface area contributed by atoms with Crippen molar-refractivity contribution < 1.29 is 0 Å². The minimum atomic E-state index is 1.10. The van der Waals surface area contributed by atoms with E-state index in [1.54, 1.807) is 0 Å². The van der Waals surface area contributed by atoms with Crippen LogP contribution in [0.15, 0.2) is 237 Å². The molecule has 0 spiro atoms. The molecular formula is C58H39NS. The summed E-state index contributed by atoms with van der Waals surface area (Å²) in [5.41, 5.74) is 15.4. The molecule has 1 aromatic heterocycles. The Hall–Kier alpha value is -7.52. The van der Waals surface area contributed by atoms with Crippen LogP contribution in [0.4, 0.5) is 17.1 Å². The molecular weight excluding hydrogens is 743 g/mol. The highest BCUT2D eigenvalue weighted by Gasteiger charge is 2.16. The Morgan fingerprint density at radius 1 is 0.250 bits per heavy atom. The zero-order valence-corrected chi connectivity index (χ0v) is 33.7. The highest BCUT2D eigenvalue weighted by molar-refractivity contribution is 7.25.